The number of aromatic amines is 1. The molecular formula is C19H20ClF3N4O3. The van der Waals surface area contributed by atoms with Gasteiger partial charge in [0.05, 0.1) is 23.8 Å². The van der Waals surface area contributed by atoms with Gasteiger partial charge in [-0.1, -0.05) is 11.6 Å². The van der Waals surface area contributed by atoms with Crippen molar-refractivity contribution in [1.82, 2.24) is 9.97 Å². The number of rotatable bonds is 5. The highest BCUT2D eigenvalue weighted by Gasteiger charge is 2.33. The monoisotopic (exact) mass is 444 g/mol. The fourth-order valence-electron chi connectivity index (χ4n) is 3.10. The van der Waals surface area contributed by atoms with Crippen LogP contribution in [-0.2, 0) is 22.1 Å². The first-order valence-electron chi connectivity index (χ1n) is 9.24. The molecule has 0 aliphatic carbocycles. The lowest BCUT2D eigenvalue weighted by molar-refractivity contribution is -0.137. The van der Waals surface area contributed by atoms with Crippen molar-refractivity contribution in [1.29, 1.82) is 0 Å². The predicted octanol–water partition coefficient (Wildman–Crippen LogP) is 3.16. The Hall–Kier alpha value is -2.59. The highest BCUT2D eigenvalue weighted by Crippen LogP contribution is 2.36. The smallest absolute Gasteiger partial charge is 0.378 e. The quantitative estimate of drug-likeness (QED) is 0.739. The van der Waals surface area contributed by atoms with E-state index in [9.17, 15) is 22.8 Å². The Morgan fingerprint density at radius 2 is 2.03 bits per heavy atom. The molecular weight excluding hydrogens is 425 g/mol. The third kappa shape index (κ3) is 5.31. The molecule has 0 saturated carbocycles. The fourth-order valence-corrected chi connectivity index (χ4v) is 3.32. The van der Waals surface area contributed by atoms with Crippen molar-refractivity contribution < 1.29 is 22.7 Å². The largest absolute Gasteiger partial charge is 0.417 e. The lowest BCUT2D eigenvalue weighted by atomic mass is 10.1. The number of amides is 1. The SMILES string of the molecule is Cc1nc(N2CCOCC2)[nH]c(=O)c1CCC(=O)Nc1ccc(Cl)c(C(F)(F)F)c1. The van der Waals surface area contributed by atoms with Gasteiger partial charge in [-0.2, -0.15) is 13.2 Å². The van der Waals surface area contributed by atoms with E-state index >= 15 is 0 Å². The number of hydrogen-bond acceptors (Lipinski definition) is 5. The number of nitrogens with one attached hydrogen (secondary N) is 2. The van der Waals surface area contributed by atoms with Gasteiger partial charge in [-0.3, -0.25) is 14.6 Å². The van der Waals surface area contributed by atoms with E-state index in [1.54, 1.807) is 6.92 Å². The molecule has 2 N–H and O–H groups in total. The van der Waals surface area contributed by atoms with E-state index in [1.807, 2.05) is 4.90 Å². The van der Waals surface area contributed by atoms with Crippen molar-refractivity contribution in [2.45, 2.75) is 25.9 Å². The van der Waals surface area contributed by atoms with Gasteiger partial charge in [0.1, 0.15) is 0 Å². The van der Waals surface area contributed by atoms with Crippen molar-refractivity contribution in [3.05, 3.63) is 50.4 Å². The summed E-state index contributed by atoms with van der Waals surface area (Å²) in [5, 5.41) is 1.95. The number of H-pyrrole nitrogens is 1. The van der Waals surface area contributed by atoms with Crippen molar-refractivity contribution in [2.24, 2.45) is 0 Å². The van der Waals surface area contributed by atoms with E-state index in [4.69, 9.17) is 16.3 Å². The molecule has 2 heterocycles. The molecule has 3 rings (SSSR count). The van der Waals surface area contributed by atoms with Crippen molar-refractivity contribution >= 4 is 29.1 Å². The van der Waals surface area contributed by atoms with E-state index in [2.05, 4.69) is 15.3 Å². The number of ether oxygens (including phenoxy) is 1. The minimum atomic E-state index is -4.63. The van der Waals surface area contributed by atoms with E-state index in [1.165, 1.54) is 6.07 Å². The molecule has 1 aliphatic heterocycles. The van der Waals surface area contributed by atoms with Gasteiger partial charge in [-0.25, -0.2) is 4.98 Å². The van der Waals surface area contributed by atoms with Crippen LogP contribution in [0, 0.1) is 6.92 Å². The van der Waals surface area contributed by atoms with Gasteiger partial charge >= 0.3 is 6.18 Å². The van der Waals surface area contributed by atoms with Crippen molar-refractivity contribution in [3.8, 4) is 0 Å². The Kier molecular flexibility index (Phi) is 6.67. The lowest BCUT2D eigenvalue weighted by Crippen LogP contribution is -2.38. The number of halogens is 4. The molecule has 1 aromatic carbocycles. The van der Waals surface area contributed by atoms with Gasteiger partial charge in [0.15, 0.2) is 0 Å². The molecule has 0 atom stereocenters. The summed E-state index contributed by atoms with van der Waals surface area (Å²) in [6.45, 7) is 4.01. The fraction of sp³-hybridized carbons (Fsp3) is 0.421. The van der Waals surface area contributed by atoms with Crippen molar-refractivity contribution in [2.75, 3.05) is 36.5 Å². The van der Waals surface area contributed by atoms with Crippen LogP contribution in [0.25, 0.3) is 0 Å². The average Bonchev–Trinajstić information content (AvgIpc) is 2.68. The Bertz CT molecular complexity index is 988. The molecule has 1 saturated heterocycles. The van der Waals surface area contributed by atoms with Crippen LogP contribution in [0.15, 0.2) is 23.0 Å². The minimum Gasteiger partial charge on any atom is -0.378 e. The first kappa shape index (κ1) is 22.1. The standard InChI is InChI=1S/C19H20ClF3N4O3/c1-11-13(17(29)26-18(24-11)27-6-8-30-9-7-27)3-5-16(28)25-12-2-4-15(20)14(10-12)19(21,22)23/h2,4,10H,3,5-9H2,1H3,(H,25,28)(H,24,26,29). The summed E-state index contributed by atoms with van der Waals surface area (Å²) in [6.07, 6.45) is -4.62. The Labute approximate surface area is 175 Å². The molecule has 30 heavy (non-hydrogen) atoms. The molecule has 2 aromatic rings. The number of aromatic nitrogens is 2. The van der Waals surface area contributed by atoms with E-state index in [0.29, 0.717) is 43.5 Å². The van der Waals surface area contributed by atoms with Crippen molar-refractivity contribution in [3.63, 3.8) is 0 Å². The second kappa shape index (κ2) is 9.05. The average molecular weight is 445 g/mol. The summed E-state index contributed by atoms with van der Waals surface area (Å²) in [5.74, 6) is -0.0728. The first-order chi connectivity index (χ1) is 14.1. The van der Waals surface area contributed by atoms with Crippen LogP contribution in [0.5, 0.6) is 0 Å². The summed E-state index contributed by atoms with van der Waals surface area (Å²) >= 11 is 5.57. The Balaban J connectivity index is 1.66. The molecule has 162 valence electrons. The summed E-state index contributed by atoms with van der Waals surface area (Å²) < 4.78 is 44.1. The van der Waals surface area contributed by atoms with Gasteiger partial charge in [0.2, 0.25) is 11.9 Å². The molecule has 11 heteroatoms. The molecule has 1 aromatic heterocycles. The van der Waals surface area contributed by atoms with Crippen LogP contribution < -0.4 is 15.8 Å². The van der Waals surface area contributed by atoms with Crippen LogP contribution in [0.1, 0.15) is 23.2 Å². The van der Waals surface area contributed by atoms with Crippen LogP contribution >= 0.6 is 11.6 Å². The number of carbonyl (C=O) groups is 1. The normalized spacial score (nSPS) is 14.6. The number of morpholine rings is 1. The maximum atomic E-state index is 12.9. The summed E-state index contributed by atoms with van der Waals surface area (Å²) in [7, 11) is 0. The second-order valence-electron chi connectivity index (χ2n) is 6.79. The van der Waals surface area contributed by atoms with Gasteiger partial charge in [0, 0.05) is 36.5 Å². The predicted molar refractivity (Wildman–Crippen MR) is 106 cm³/mol. The molecule has 0 spiro atoms. The molecule has 0 radical (unpaired) electrons. The van der Waals surface area contributed by atoms with Crippen LogP contribution in [-0.4, -0.2) is 42.2 Å². The van der Waals surface area contributed by atoms with Gasteiger partial charge in [-0.15, -0.1) is 0 Å². The summed E-state index contributed by atoms with van der Waals surface area (Å²) in [6, 6.07) is 3.13. The third-order valence-corrected chi connectivity index (χ3v) is 5.01. The maximum Gasteiger partial charge on any atom is 0.417 e. The van der Waals surface area contributed by atoms with E-state index in [0.717, 1.165) is 12.1 Å². The highest BCUT2D eigenvalue weighted by atomic mass is 35.5. The zero-order valence-electron chi connectivity index (χ0n) is 16.1. The zero-order chi connectivity index (χ0) is 21.9. The Morgan fingerprint density at radius 1 is 1.33 bits per heavy atom. The molecule has 0 bridgehead atoms. The molecule has 1 fully saturated rings. The van der Waals surface area contributed by atoms with Gasteiger partial charge in [-0.05, 0) is 31.5 Å². The molecule has 1 amide bonds. The van der Waals surface area contributed by atoms with Crippen LogP contribution in [0.3, 0.4) is 0 Å². The third-order valence-electron chi connectivity index (χ3n) is 4.68. The minimum absolute atomic E-state index is 0.0249. The van der Waals surface area contributed by atoms with Gasteiger partial charge < -0.3 is 15.0 Å². The summed E-state index contributed by atoms with van der Waals surface area (Å²) in [4.78, 5) is 33.7. The van der Waals surface area contributed by atoms with Crippen LogP contribution in [0.4, 0.5) is 24.8 Å². The first-order valence-corrected chi connectivity index (χ1v) is 9.62. The van der Waals surface area contributed by atoms with Gasteiger partial charge in [0.25, 0.3) is 5.56 Å². The number of aryl methyl sites for hydroxylation is 1. The summed E-state index contributed by atoms with van der Waals surface area (Å²) in [5.41, 5.74) is -0.545. The number of carbonyl (C=O) groups excluding carboxylic acids is 1. The molecule has 1 aliphatic rings. The number of hydrogen-bond donors (Lipinski definition) is 2. The number of alkyl halides is 3. The van der Waals surface area contributed by atoms with E-state index in [-0.39, 0.29) is 24.1 Å². The topological polar surface area (TPSA) is 87.3 Å². The van der Waals surface area contributed by atoms with E-state index < -0.39 is 22.7 Å². The second-order valence-corrected chi connectivity index (χ2v) is 7.20. The Morgan fingerprint density at radius 3 is 2.67 bits per heavy atom. The molecule has 0 unspecified atom stereocenters. The molecule has 7 nitrogen and oxygen atoms in total. The highest BCUT2D eigenvalue weighted by molar-refractivity contribution is 6.31. The van der Waals surface area contributed by atoms with Crippen LogP contribution in [0.2, 0.25) is 5.02 Å². The maximum absolute atomic E-state index is 12.9. The zero-order valence-corrected chi connectivity index (χ0v) is 16.9. The number of anilines is 2. The number of nitrogens with zero attached hydrogens (tertiary/aromatic N) is 2. The lowest BCUT2D eigenvalue weighted by Gasteiger charge is -2.27. The number of benzene rings is 1.